The van der Waals surface area contributed by atoms with E-state index in [9.17, 15) is 14.4 Å². The minimum atomic E-state index is -1.11. The molecular formula is C8H11N5O5S. The van der Waals surface area contributed by atoms with E-state index < -0.39 is 24.5 Å². The maximum Gasteiger partial charge on any atom is 0.413 e. The highest BCUT2D eigenvalue weighted by Crippen LogP contribution is 2.12. The topological polar surface area (TPSA) is 136 Å². The van der Waals surface area contributed by atoms with Crippen LogP contribution in [0.1, 0.15) is 6.92 Å². The summed E-state index contributed by atoms with van der Waals surface area (Å²) in [5, 5.41) is 21.1. The number of imide groups is 1. The van der Waals surface area contributed by atoms with Crippen LogP contribution in [0.5, 0.6) is 0 Å². The molecule has 1 aromatic rings. The van der Waals surface area contributed by atoms with Gasteiger partial charge in [-0.1, -0.05) is 11.8 Å². The van der Waals surface area contributed by atoms with E-state index in [1.807, 2.05) is 5.32 Å². The van der Waals surface area contributed by atoms with Gasteiger partial charge < -0.3 is 9.84 Å². The number of hydrogen-bond donors (Lipinski definition) is 2. The second-order valence-corrected chi connectivity index (χ2v) is 4.01. The Kier molecular flexibility index (Phi) is 5.73. The minimum absolute atomic E-state index is 0.140. The summed E-state index contributed by atoms with van der Waals surface area (Å²) < 4.78 is 5.55. The molecule has 0 aromatic carbocycles. The normalized spacial score (nSPS) is 9.95. The summed E-state index contributed by atoms with van der Waals surface area (Å²) in [6.45, 7) is 1.36. The number of carbonyl (C=O) groups is 3. The van der Waals surface area contributed by atoms with Crippen molar-refractivity contribution in [3.8, 4) is 0 Å². The van der Waals surface area contributed by atoms with Crippen molar-refractivity contribution in [3.05, 3.63) is 0 Å². The molecule has 2 amide bonds. The SMILES string of the molecule is CCOC(=O)NC(=O)CSc1nnnn1CC(=O)O. The second-order valence-electron chi connectivity index (χ2n) is 3.07. The molecule has 0 saturated carbocycles. The Morgan fingerprint density at radius 3 is 2.84 bits per heavy atom. The number of tetrazole rings is 1. The minimum Gasteiger partial charge on any atom is -0.480 e. The molecule has 0 fully saturated rings. The Morgan fingerprint density at radius 2 is 2.21 bits per heavy atom. The molecule has 11 heteroatoms. The van der Waals surface area contributed by atoms with Crippen LogP contribution in [0.4, 0.5) is 4.79 Å². The second kappa shape index (κ2) is 7.31. The number of thioether (sulfide) groups is 1. The molecule has 0 spiro atoms. The number of carboxylic acid groups (broad SMARTS) is 1. The number of nitrogens with zero attached hydrogens (tertiary/aromatic N) is 4. The van der Waals surface area contributed by atoms with E-state index in [0.717, 1.165) is 16.4 Å². The van der Waals surface area contributed by atoms with Crippen LogP contribution in [0.3, 0.4) is 0 Å². The van der Waals surface area contributed by atoms with Gasteiger partial charge in [-0.3, -0.25) is 14.9 Å². The lowest BCUT2D eigenvalue weighted by Gasteiger charge is -2.03. The molecule has 104 valence electrons. The fourth-order valence-corrected chi connectivity index (χ4v) is 1.65. The van der Waals surface area contributed by atoms with Gasteiger partial charge in [0.2, 0.25) is 11.1 Å². The van der Waals surface area contributed by atoms with E-state index in [0.29, 0.717) is 0 Å². The molecule has 19 heavy (non-hydrogen) atoms. The Balaban J connectivity index is 2.44. The monoisotopic (exact) mass is 289 g/mol. The summed E-state index contributed by atoms with van der Waals surface area (Å²) in [7, 11) is 0. The standard InChI is InChI=1S/C8H11N5O5S/c1-2-18-8(17)9-5(14)4-19-7-10-11-12-13(7)3-6(15)16/h2-4H2,1H3,(H,15,16)(H,9,14,17). The fourth-order valence-electron chi connectivity index (χ4n) is 0.974. The predicted octanol–water partition coefficient (Wildman–Crippen LogP) is -0.877. The van der Waals surface area contributed by atoms with Gasteiger partial charge in [0, 0.05) is 0 Å². The summed E-state index contributed by atoms with van der Waals surface area (Å²) in [6, 6.07) is 0. The van der Waals surface area contributed by atoms with Crippen molar-refractivity contribution in [1.82, 2.24) is 25.5 Å². The lowest BCUT2D eigenvalue weighted by atomic mass is 10.7. The smallest absolute Gasteiger partial charge is 0.413 e. The molecule has 1 aromatic heterocycles. The molecule has 0 radical (unpaired) electrons. The molecule has 0 atom stereocenters. The van der Waals surface area contributed by atoms with Gasteiger partial charge in [-0.15, -0.1) is 5.10 Å². The van der Waals surface area contributed by atoms with Crippen molar-refractivity contribution < 1.29 is 24.2 Å². The van der Waals surface area contributed by atoms with E-state index in [-0.39, 0.29) is 17.5 Å². The number of ether oxygens (including phenoxy) is 1. The third-order valence-corrected chi connectivity index (χ3v) is 2.59. The number of alkyl carbamates (subject to hydrolysis) is 1. The number of aromatic nitrogens is 4. The van der Waals surface area contributed by atoms with Crippen molar-refractivity contribution in [2.45, 2.75) is 18.6 Å². The van der Waals surface area contributed by atoms with Gasteiger partial charge in [0.15, 0.2) is 0 Å². The van der Waals surface area contributed by atoms with Crippen LogP contribution in [0, 0.1) is 0 Å². The van der Waals surface area contributed by atoms with Crippen LogP contribution in [-0.2, 0) is 20.9 Å². The highest BCUT2D eigenvalue weighted by Gasteiger charge is 2.13. The van der Waals surface area contributed by atoms with Crippen molar-refractivity contribution in [2.24, 2.45) is 0 Å². The van der Waals surface area contributed by atoms with E-state index in [4.69, 9.17) is 5.11 Å². The Bertz CT molecular complexity index is 476. The van der Waals surface area contributed by atoms with Crippen molar-refractivity contribution >= 4 is 29.7 Å². The third kappa shape index (κ3) is 5.33. The average Bonchev–Trinajstić information content (AvgIpc) is 2.73. The molecule has 1 rings (SSSR count). The van der Waals surface area contributed by atoms with E-state index in [2.05, 4.69) is 20.3 Å². The van der Waals surface area contributed by atoms with Crippen LogP contribution in [0.15, 0.2) is 5.16 Å². The summed E-state index contributed by atoms with van der Waals surface area (Å²) in [5.74, 6) is -1.84. The molecule has 0 saturated heterocycles. The molecule has 0 unspecified atom stereocenters. The van der Waals surface area contributed by atoms with Gasteiger partial charge in [-0.2, -0.15) is 0 Å². The van der Waals surface area contributed by atoms with Gasteiger partial charge in [0.1, 0.15) is 6.54 Å². The maximum absolute atomic E-state index is 11.3. The maximum atomic E-state index is 11.3. The first-order valence-corrected chi connectivity index (χ1v) is 6.08. The summed E-state index contributed by atoms with van der Waals surface area (Å²) >= 11 is 0.908. The van der Waals surface area contributed by atoms with Crippen LogP contribution in [0.2, 0.25) is 0 Å². The van der Waals surface area contributed by atoms with Gasteiger partial charge in [0.05, 0.1) is 12.4 Å². The zero-order valence-corrected chi connectivity index (χ0v) is 10.7. The van der Waals surface area contributed by atoms with Crippen LogP contribution in [0.25, 0.3) is 0 Å². The first-order valence-electron chi connectivity index (χ1n) is 5.10. The fraction of sp³-hybridized carbons (Fsp3) is 0.500. The van der Waals surface area contributed by atoms with Crippen molar-refractivity contribution in [1.29, 1.82) is 0 Å². The predicted molar refractivity (Wildman–Crippen MR) is 61.3 cm³/mol. The highest BCUT2D eigenvalue weighted by atomic mass is 32.2. The van der Waals surface area contributed by atoms with E-state index in [1.165, 1.54) is 0 Å². The summed E-state index contributed by atoms with van der Waals surface area (Å²) in [4.78, 5) is 32.8. The van der Waals surface area contributed by atoms with Gasteiger partial charge in [0.25, 0.3) is 0 Å². The Morgan fingerprint density at radius 1 is 1.47 bits per heavy atom. The number of hydrogen-bond acceptors (Lipinski definition) is 8. The molecule has 2 N–H and O–H groups in total. The molecule has 0 aliphatic rings. The van der Waals surface area contributed by atoms with Crippen molar-refractivity contribution in [3.63, 3.8) is 0 Å². The zero-order chi connectivity index (χ0) is 14.3. The van der Waals surface area contributed by atoms with Crippen LogP contribution >= 0.6 is 11.8 Å². The van der Waals surface area contributed by atoms with Crippen LogP contribution < -0.4 is 5.32 Å². The lowest BCUT2D eigenvalue weighted by Crippen LogP contribution is -2.32. The molecular weight excluding hydrogens is 278 g/mol. The quantitative estimate of drug-likeness (QED) is 0.639. The Hall–Kier alpha value is -2.17. The van der Waals surface area contributed by atoms with Gasteiger partial charge >= 0.3 is 12.1 Å². The largest absolute Gasteiger partial charge is 0.480 e. The molecule has 1 heterocycles. The lowest BCUT2D eigenvalue weighted by molar-refractivity contribution is -0.138. The van der Waals surface area contributed by atoms with Crippen molar-refractivity contribution in [2.75, 3.05) is 12.4 Å². The summed E-state index contributed by atoms with van der Waals surface area (Å²) in [6.07, 6.45) is -0.835. The van der Waals surface area contributed by atoms with Gasteiger partial charge in [-0.25, -0.2) is 9.48 Å². The molecule has 0 aliphatic carbocycles. The molecule has 0 bridgehead atoms. The highest BCUT2D eigenvalue weighted by molar-refractivity contribution is 7.99. The first-order chi connectivity index (χ1) is 9.02. The first kappa shape index (κ1) is 14.9. The number of rotatable bonds is 6. The van der Waals surface area contributed by atoms with E-state index in [1.54, 1.807) is 6.92 Å². The molecule has 0 aliphatic heterocycles. The van der Waals surface area contributed by atoms with Crippen LogP contribution in [-0.4, -0.2) is 55.6 Å². The number of carboxylic acids is 1. The number of aliphatic carboxylic acids is 1. The average molecular weight is 289 g/mol. The van der Waals surface area contributed by atoms with Gasteiger partial charge in [-0.05, 0) is 17.4 Å². The number of carbonyl (C=O) groups excluding carboxylic acids is 2. The zero-order valence-electron chi connectivity index (χ0n) is 9.90. The number of nitrogens with one attached hydrogen (secondary N) is 1. The summed E-state index contributed by atoms with van der Waals surface area (Å²) in [5.41, 5.74) is 0. The third-order valence-electron chi connectivity index (χ3n) is 1.63. The molecule has 10 nitrogen and oxygen atoms in total. The number of amides is 2. The van der Waals surface area contributed by atoms with E-state index >= 15 is 0 Å². The Labute approximate surface area is 111 Å².